The number of benzene rings is 1. The van der Waals surface area contributed by atoms with E-state index in [0.29, 0.717) is 5.56 Å². The molecule has 0 aliphatic carbocycles. The molecule has 0 aliphatic rings. The molecule has 0 aromatic heterocycles. The Morgan fingerprint density at radius 1 is 1.26 bits per heavy atom. The van der Waals surface area contributed by atoms with Gasteiger partial charge in [0.25, 0.3) is 11.4 Å². The van der Waals surface area contributed by atoms with Crippen molar-refractivity contribution in [3.63, 3.8) is 0 Å². The zero-order valence-corrected chi connectivity index (χ0v) is 9.87. The summed E-state index contributed by atoms with van der Waals surface area (Å²) < 4.78 is 0. The van der Waals surface area contributed by atoms with E-state index in [0.717, 1.165) is 6.07 Å². The fourth-order valence-electron chi connectivity index (χ4n) is 1.42. The first kappa shape index (κ1) is 14.5. The van der Waals surface area contributed by atoms with Crippen molar-refractivity contribution >= 4 is 17.3 Å². The van der Waals surface area contributed by atoms with Crippen LogP contribution >= 0.6 is 0 Å². The summed E-state index contributed by atoms with van der Waals surface area (Å²) in [5, 5.41) is 24.2. The van der Waals surface area contributed by atoms with Crippen LogP contribution in [0.5, 0.6) is 0 Å². The van der Waals surface area contributed by atoms with Crippen LogP contribution in [0.4, 0.5) is 11.4 Å². The molecule has 0 bridgehead atoms. The number of rotatable bonds is 7. The summed E-state index contributed by atoms with van der Waals surface area (Å²) >= 11 is 0. The number of nitro groups is 2. The van der Waals surface area contributed by atoms with Crippen molar-refractivity contribution < 1.29 is 14.6 Å². The van der Waals surface area contributed by atoms with Gasteiger partial charge in [-0.2, -0.15) is 0 Å². The predicted molar refractivity (Wildman–Crippen MR) is 65.3 cm³/mol. The molecule has 0 unspecified atom stereocenters. The number of carbonyl (C=O) groups is 1. The van der Waals surface area contributed by atoms with Crippen molar-refractivity contribution in [2.24, 2.45) is 5.73 Å². The minimum atomic E-state index is -0.697. The number of hydrogen-bond donors (Lipinski definition) is 2. The zero-order valence-electron chi connectivity index (χ0n) is 9.87. The quantitative estimate of drug-likeness (QED) is 0.418. The Morgan fingerprint density at radius 3 is 2.47 bits per heavy atom. The van der Waals surface area contributed by atoms with E-state index in [1.165, 1.54) is 12.1 Å². The molecule has 0 atom stereocenters. The molecular weight excluding hydrogens is 256 g/mol. The predicted octanol–water partition coefficient (Wildman–Crippen LogP) is 0.468. The van der Waals surface area contributed by atoms with Gasteiger partial charge < -0.3 is 11.1 Å². The number of primary amides is 1. The highest BCUT2D eigenvalue weighted by Gasteiger charge is 2.18. The number of nitrogens with zero attached hydrogens (tertiary/aromatic N) is 2. The molecule has 0 aliphatic heterocycles. The normalized spacial score (nSPS) is 10.1. The number of non-ortho nitro benzene ring substituents is 1. The molecule has 1 amide bonds. The van der Waals surface area contributed by atoms with Gasteiger partial charge >= 0.3 is 0 Å². The molecule has 0 fully saturated rings. The van der Waals surface area contributed by atoms with Gasteiger partial charge in [-0.25, -0.2) is 0 Å². The fraction of sp³-hybridized carbons (Fsp3) is 0.300. The van der Waals surface area contributed by atoms with Crippen molar-refractivity contribution in [2.45, 2.75) is 13.0 Å². The van der Waals surface area contributed by atoms with E-state index in [9.17, 15) is 25.0 Å². The van der Waals surface area contributed by atoms with Crippen molar-refractivity contribution in [3.8, 4) is 0 Å². The second-order valence-corrected chi connectivity index (χ2v) is 3.72. The highest BCUT2D eigenvalue weighted by molar-refractivity contribution is 5.73. The molecular formula is C10H12N4O5. The topological polar surface area (TPSA) is 141 Å². The average molecular weight is 268 g/mol. The minimum Gasteiger partial charge on any atom is -0.370 e. The summed E-state index contributed by atoms with van der Waals surface area (Å²) in [6, 6.07) is 3.41. The van der Waals surface area contributed by atoms with Crippen LogP contribution < -0.4 is 11.1 Å². The monoisotopic (exact) mass is 268 g/mol. The Kier molecular flexibility index (Phi) is 4.89. The average Bonchev–Trinajstić information content (AvgIpc) is 2.34. The summed E-state index contributed by atoms with van der Waals surface area (Å²) in [4.78, 5) is 30.5. The second-order valence-electron chi connectivity index (χ2n) is 3.72. The smallest absolute Gasteiger partial charge is 0.280 e. The van der Waals surface area contributed by atoms with Crippen LogP contribution in [0.3, 0.4) is 0 Å². The Labute approximate surface area is 107 Å². The molecule has 1 aromatic carbocycles. The van der Waals surface area contributed by atoms with Gasteiger partial charge in [0.1, 0.15) is 0 Å². The van der Waals surface area contributed by atoms with E-state index in [4.69, 9.17) is 5.73 Å². The van der Waals surface area contributed by atoms with Gasteiger partial charge in [0.2, 0.25) is 5.91 Å². The van der Waals surface area contributed by atoms with Gasteiger partial charge in [-0.15, -0.1) is 0 Å². The first-order valence-corrected chi connectivity index (χ1v) is 5.32. The van der Waals surface area contributed by atoms with Gasteiger partial charge in [-0.1, -0.05) is 0 Å². The Balaban J connectivity index is 2.79. The Morgan fingerprint density at radius 2 is 1.95 bits per heavy atom. The third-order valence-corrected chi connectivity index (χ3v) is 2.34. The van der Waals surface area contributed by atoms with Crippen LogP contribution in [0.25, 0.3) is 0 Å². The SMILES string of the molecule is NC(=O)CCNCc1ccc([N+](=O)[O-])cc1[N+](=O)[O-]. The van der Waals surface area contributed by atoms with Gasteiger partial charge in [-0.3, -0.25) is 25.0 Å². The highest BCUT2D eigenvalue weighted by atomic mass is 16.6. The minimum absolute atomic E-state index is 0.112. The molecule has 0 radical (unpaired) electrons. The van der Waals surface area contributed by atoms with E-state index >= 15 is 0 Å². The highest BCUT2D eigenvalue weighted by Crippen LogP contribution is 2.24. The molecule has 0 saturated carbocycles. The van der Waals surface area contributed by atoms with E-state index in [1.807, 2.05) is 0 Å². The molecule has 1 aromatic rings. The van der Waals surface area contributed by atoms with Crippen molar-refractivity contribution in [2.75, 3.05) is 6.54 Å². The lowest BCUT2D eigenvalue weighted by Crippen LogP contribution is -2.22. The van der Waals surface area contributed by atoms with Crippen LogP contribution in [0, 0.1) is 20.2 Å². The number of hydrogen-bond acceptors (Lipinski definition) is 6. The van der Waals surface area contributed by atoms with Crippen LogP contribution in [-0.2, 0) is 11.3 Å². The lowest BCUT2D eigenvalue weighted by Gasteiger charge is -2.04. The standard InChI is InChI=1S/C10H12N4O5/c11-10(15)3-4-12-6-7-1-2-8(13(16)17)5-9(7)14(18)19/h1-2,5,12H,3-4,6H2,(H2,11,15). The van der Waals surface area contributed by atoms with Gasteiger partial charge in [0.05, 0.1) is 15.9 Å². The zero-order chi connectivity index (χ0) is 14.4. The Hall–Kier alpha value is -2.55. The molecule has 19 heavy (non-hydrogen) atoms. The Bertz CT molecular complexity index is 517. The van der Waals surface area contributed by atoms with E-state index in [2.05, 4.69) is 5.32 Å². The molecule has 0 heterocycles. The summed E-state index contributed by atoms with van der Waals surface area (Å²) in [6.45, 7) is 0.408. The molecule has 0 saturated heterocycles. The van der Waals surface area contributed by atoms with Gasteiger partial charge in [0.15, 0.2) is 0 Å². The molecule has 0 spiro atoms. The maximum atomic E-state index is 10.8. The molecule has 1 rings (SSSR count). The van der Waals surface area contributed by atoms with E-state index in [-0.39, 0.29) is 30.9 Å². The molecule has 102 valence electrons. The van der Waals surface area contributed by atoms with Crippen molar-refractivity contribution in [1.82, 2.24) is 5.32 Å². The summed E-state index contributed by atoms with van der Waals surface area (Å²) in [5.74, 6) is -0.481. The summed E-state index contributed by atoms with van der Waals surface area (Å²) in [6.07, 6.45) is 0.112. The van der Waals surface area contributed by atoms with Gasteiger partial charge in [0, 0.05) is 31.1 Å². The molecule has 9 nitrogen and oxygen atoms in total. The summed E-state index contributed by atoms with van der Waals surface area (Å²) in [5.41, 5.74) is 4.57. The van der Waals surface area contributed by atoms with Crippen LogP contribution in [0.1, 0.15) is 12.0 Å². The van der Waals surface area contributed by atoms with Crippen LogP contribution in [0.15, 0.2) is 18.2 Å². The third kappa shape index (κ3) is 4.32. The lowest BCUT2D eigenvalue weighted by atomic mass is 10.1. The van der Waals surface area contributed by atoms with Crippen LogP contribution in [-0.4, -0.2) is 22.3 Å². The largest absolute Gasteiger partial charge is 0.370 e. The number of nitrogens with two attached hydrogens (primary N) is 1. The third-order valence-electron chi connectivity index (χ3n) is 2.34. The van der Waals surface area contributed by atoms with E-state index in [1.54, 1.807) is 0 Å². The first-order chi connectivity index (χ1) is 8.91. The van der Waals surface area contributed by atoms with Crippen molar-refractivity contribution in [1.29, 1.82) is 0 Å². The summed E-state index contributed by atoms with van der Waals surface area (Å²) in [7, 11) is 0. The van der Waals surface area contributed by atoms with Crippen LogP contribution in [0.2, 0.25) is 0 Å². The fourth-order valence-corrected chi connectivity index (χ4v) is 1.42. The van der Waals surface area contributed by atoms with Crippen molar-refractivity contribution in [3.05, 3.63) is 44.0 Å². The van der Waals surface area contributed by atoms with Gasteiger partial charge in [-0.05, 0) is 6.07 Å². The van der Waals surface area contributed by atoms with E-state index < -0.39 is 15.8 Å². The number of amides is 1. The number of carbonyl (C=O) groups excluding carboxylic acids is 1. The number of nitrogens with one attached hydrogen (secondary N) is 1. The number of nitro benzene ring substituents is 2. The second kappa shape index (κ2) is 6.40. The molecule has 3 N–H and O–H groups in total. The maximum Gasteiger partial charge on any atom is 0.280 e. The maximum absolute atomic E-state index is 10.8. The first-order valence-electron chi connectivity index (χ1n) is 5.32. The lowest BCUT2D eigenvalue weighted by molar-refractivity contribution is -0.394. The molecule has 9 heteroatoms.